The first-order valence-electron chi connectivity index (χ1n) is 6.28. The van der Waals surface area contributed by atoms with Crippen LogP contribution in [0.1, 0.15) is 42.1 Å². The van der Waals surface area contributed by atoms with Crippen molar-refractivity contribution in [3.63, 3.8) is 0 Å². The molecular weight excluding hydrogens is 266 g/mol. The number of pyridine rings is 1. The van der Waals surface area contributed by atoms with Crippen molar-refractivity contribution in [2.75, 3.05) is 6.54 Å². The third-order valence-electron chi connectivity index (χ3n) is 2.90. The fraction of sp³-hybridized carbons (Fsp3) is 0.538. The van der Waals surface area contributed by atoms with Crippen LogP contribution < -0.4 is 16.6 Å². The molecular formula is C13H22ClN3O2. The molecule has 1 rings (SSSR count). The molecule has 108 valence electrons. The highest BCUT2D eigenvalue weighted by atomic mass is 35.5. The van der Waals surface area contributed by atoms with Crippen molar-refractivity contribution in [1.29, 1.82) is 0 Å². The molecule has 0 aliphatic rings. The zero-order chi connectivity index (χ0) is 13.5. The molecule has 6 heteroatoms. The third kappa shape index (κ3) is 5.44. The first-order valence-corrected chi connectivity index (χ1v) is 6.28. The largest absolute Gasteiger partial charge is 0.348 e. The van der Waals surface area contributed by atoms with Gasteiger partial charge in [0.1, 0.15) is 0 Å². The number of hydrogen-bond donors (Lipinski definition) is 3. The summed E-state index contributed by atoms with van der Waals surface area (Å²) in [6.07, 6.45) is 4.43. The lowest BCUT2D eigenvalue weighted by molar-refractivity contribution is 0.0934. The minimum atomic E-state index is -0.203. The van der Waals surface area contributed by atoms with Gasteiger partial charge in [0.05, 0.1) is 5.56 Å². The zero-order valence-electron chi connectivity index (χ0n) is 11.4. The van der Waals surface area contributed by atoms with Gasteiger partial charge in [0.25, 0.3) is 5.91 Å². The van der Waals surface area contributed by atoms with Crippen LogP contribution in [0.5, 0.6) is 0 Å². The molecule has 1 heterocycles. The van der Waals surface area contributed by atoms with Crippen LogP contribution in [-0.4, -0.2) is 23.5 Å². The smallest absolute Gasteiger partial charge is 0.253 e. The van der Waals surface area contributed by atoms with Crippen LogP contribution >= 0.6 is 12.4 Å². The summed E-state index contributed by atoms with van der Waals surface area (Å²) in [5, 5.41) is 2.89. The molecule has 0 saturated heterocycles. The van der Waals surface area contributed by atoms with E-state index in [1.165, 1.54) is 12.3 Å². The number of carbonyl (C=O) groups is 1. The van der Waals surface area contributed by atoms with E-state index in [0.717, 1.165) is 19.3 Å². The number of unbranched alkanes of at least 4 members (excludes halogenated alkanes) is 1. The molecule has 0 bridgehead atoms. The number of rotatable bonds is 6. The molecule has 0 aliphatic carbocycles. The van der Waals surface area contributed by atoms with Crippen LogP contribution in [0, 0.1) is 6.92 Å². The number of halogens is 1. The summed E-state index contributed by atoms with van der Waals surface area (Å²) in [5.74, 6) is -0.185. The average molecular weight is 288 g/mol. The highest BCUT2D eigenvalue weighted by Gasteiger charge is 2.14. The van der Waals surface area contributed by atoms with E-state index < -0.39 is 0 Å². The van der Waals surface area contributed by atoms with Gasteiger partial charge in [-0.2, -0.15) is 0 Å². The van der Waals surface area contributed by atoms with Crippen LogP contribution in [0.25, 0.3) is 0 Å². The van der Waals surface area contributed by atoms with Crippen LogP contribution in [0.3, 0.4) is 0 Å². The predicted molar refractivity (Wildman–Crippen MR) is 78.9 cm³/mol. The van der Waals surface area contributed by atoms with Crippen molar-refractivity contribution in [2.45, 2.75) is 39.2 Å². The number of amides is 1. The fourth-order valence-corrected chi connectivity index (χ4v) is 1.78. The Hall–Kier alpha value is -1.33. The summed E-state index contributed by atoms with van der Waals surface area (Å²) in [5.41, 5.74) is 6.59. The van der Waals surface area contributed by atoms with E-state index in [-0.39, 0.29) is 29.9 Å². The second-order valence-corrected chi connectivity index (χ2v) is 4.44. The number of hydrogen-bond acceptors (Lipinski definition) is 3. The highest BCUT2D eigenvalue weighted by molar-refractivity contribution is 5.95. The number of nitrogens with one attached hydrogen (secondary N) is 2. The lowest BCUT2D eigenvalue weighted by Gasteiger charge is -2.17. The van der Waals surface area contributed by atoms with Gasteiger partial charge < -0.3 is 16.0 Å². The highest BCUT2D eigenvalue weighted by Crippen LogP contribution is 2.05. The van der Waals surface area contributed by atoms with Gasteiger partial charge in [-0.25, -0.2) is 0 Å². The van der Waals surface area contributed by atoms with Gasteiger partial charge in [-0.05, 0) is 18.9 Å². The van der Waals surface area contributed by atoms with E-state index in [1.807, 2.05) is 0 Å². The maximum absolute atomic E-state index is 12.0. The first-order chi connectivity index (χ1) is 8.58. The maximum atomic E-state index is 12.0. The van der Waals surface area contributed by atoms with Crippen molar-refractivity contribution in [3.8, 4) is 0 Å². The van der Waals surface area contributed by atoms with E-state index >= 15 is 0 Å². The molecule has 19 heavy (non-hydrogen) atoms. The Kier molecular flexibility index (Phi) is 8.11. The summed E-state index contributed by atoms with van der Waals surface area (Å²) in [4.78, 5) is 25.6. The predicted octanol–water partition coefficient (Wildman–Crippen LogP) is 1.35. The summed E-state index contributed by atoms with van der Waals surface area (Å²) in [7, 11) is 0. The SMILES string of the molecule is CCCCC(CN)NC(=O)c1c[nH]c(=O)cc1C.Cl. The molecule has 0 saturated carbocycles. The Morgan fingerprint density at radius 1 is 1.53 bits per heavy atom. The molecule has 0 fully saturated rings. The van der Waals surface area contributed by atoms with Crippen molar-refractivity contribution < 1.29 is 4.79 Å². The number of H-pyrrole nitrogens is 1. The zero-order valence-corrected chi connectivity index (χ0v) is 12.2. The molecule has 0 spiro atoms. The molecule has 1 aromatic heterocycles. The minimum Gasteiger partial charge on any atom is -0.348 e. The Bertz CT molecular complexity index is 459. The van der Waals surface area contributed by atoms with Crippen LogP contribution in [0.2, 0.25) is 0 Å². The molecule has 1 aromatic rings. The average Bonchev–Trinajstić information content (AvgIpc) is 2.34. The van der Waals surface area contributed by atoms with Crippen LogP contribution in [-0.2, 0) is 0 Å². The van der Waals surface area contributed by atoms with E-state index in [0.29, 0.717) is 17.7 Å². The number of aromatic nitrogens is 1. The van der Waals surface area contributed by atoms with E-state index in [2.05, 4.69) is 17.2 Å². The molecule has 1 unspecified atom stereocenters. The Labute approximate surface area is 119 Å². The second kappa shape index (κ2) is 8.72. The lowest BCUT2D eigenvalue weighted by atomic mass is 10.1. The fourth-order valence-electron chi connectivity index (χ4n) is 1.78. The molecule has 0 radical (unpaired) electrons. The molecule has 1 amide bonds. The topological polar surface area (TPSA) is 88.0 Å². The van der Waals surface area contributed by atoms with E-state index in [9.17, 15) is 9.59 Å². The Morgan fingerprint density at radius 2 is 2.21 bits per heavy atom. The molecule has 0 aromatic carbocycles. The monoisotopic (exact) mass is 287 g/mol. The molecule has 0 aliphatic heterocycles. The third-order valence-corrected chi connectivity index (χ3v) is 2.90. The summed E-state index contributed by atoms with van der Waals surface area (Å²) < 4.78 is 0. The summed E-state index contributed by atoms with van der Waals surface area (Å²) in [6, 6.07) is 1.40. The normalized spacial score (nSPS) is 11.5. The van der Waals surface area contributed by atoms with Gasteiger partial charge in [-0.1, -0.05) is 19.8 Å². The van der Waals surface area contributed by atoms with Crippen molar-refractivity contribution in [3.05, 3.63) is 33.7 Å². The quantitative estimate of drug-likeness (QED) is 0.738. The van der Waals surface area contributed by atoms with Crippen LogP contribution in [0.15, 0.2) is 17.1 Å². The Morgan fingerprint density at radius 3 is 2.74 bits per heavy atom. The van der Waals surface area contributed by atoms with Gasteiger partial charge in [0.15, 0.2) is 0 Å². The summed E-state index contributed by atoms with van der Waals surface area (Å²) in [6.45, 7) is 4.27. The standard InChI is InChI=1S/C13H21N3O2.ClH/c1-3-4-5-10(7-14)16-13(18)11-8-15-12(17)6-9(11)2;/h6,8,10H,3-5,7,14H2,1-2H3,(H,15,17)(H,16,18);1H. The number of nitrogens with two attached hydrogens (primary N) is 1. The van der Waals surface area contributed by atoms with E-state index in [4.69, 9.17) is 5.73 Å². The number of carbonyl (C=O) groups excluding carboxylic acids is 1. The van der Waals surface area contributed by atoms with Crippen molar-refractivity contribution in [2.24, 2.45) is 5.73 Å². The van der Waals surface area contributed by atoms with Gasteiger partial charge in [-0.3, -0.25) is 9.59 Å². The maximum Gasteiger partial charge on any atom is 0.253 e. The second-order valence-electron chi connectivity index (χ2n) is 4.44. The summed E-state index contributed by atoms with van der Waals surface area (Å²) >= 11 is 0. The van der Waals surface area contributed by atoms with E-state index in [1.54, 1.807) is 6.92 Å². The van der Waals surface area contributed by atoms with Crippen molar-refractivity contribution >= 4 is 18.3 Å². The number of aryl methyl sites for hydroxylation is 1. The van der Waals surface area contributed by atoms with Gasteiger partial charge >= 0.3 is 0 Å². The van der Waals surface area contributed by atoms with Gasteiger partial charge in [0.2, 0.25) is 5.56 Å². The van der Waals surface area contributed by atoms with Gasteiger partial charge in [0, 0.05) is 24.8 Å². The number of aromatic amines is 1. The molecule has 5 nitrogen and oxygen atoms in total. The lowest BCUT2D eigenvalue weighted by Crippen LogP contribution is -2.40. The minimum absolute atomic E-state index is 0. The molecule has 1 atom stereocenters. The van der Waals surface area contributed by atoms with Gasteiger partial charge in [-0.15, -0.1) is 12.4 Å². The first kappa shape index (κ1) is 17.7. The van der Waals surface area contributed by atoms with Crippen molar-refractivity contribution in [1.82, 2.24) is 10.3 Å². The van der Waals surface area contributed by atoms with Crippen LogP contribution in [0.4, 0.5) is 0 Å². The Balaban J connectivity index is 0.00000324. The molecule has 4 N–H and O–H groups in total.